The quantitative estimate of drug-likeness (QED) is 0.748. The molecule has 0 unspecified atom stereocenters. The SMILES string of the molecule is S=[Se](c1ccccc1)c1ccccc1. The molecule has 0 aliphatic rings. The van der Waals surface area contributed by atoms with Crippen LogP contribution in [0.1, 0.15) is 0 Å². The third-order valence-electron chi connectivity index (χ3n) is 1.91. The number of hydrogen-bond donors (Lipinski definition) is 0. The minimum absolute atomic E-state index is 1.20. The van der Waals surface area contributed by atoms with Crippen LogP contribution < -0.4 is 8.92 Å². The number of hydrogen-bond acceptors (Lipinski definition) is 1. The van der Waals surface area contributed by atoms with Gasteiger partial charge in [-0.1, -0.05) is 0 Å². The molecule has 0 saturated heterocycles. The first-order valence-electron chi connectivity index (χ1n) is 4.40. The van der Waals surface area contributed by atoms with Crippen LogP contribution in [-0.2, 0) is 0 Å². The van der Waals surface area contributed by atoms with Gasteiger partial charge in [0.15, 0.2) is 0 Å². The minimum atomic E-state index is -1.20. The fraction of sp³-hybridized carbons (Fsp3) is 0. The summed E-state index contributed by atoms with van der Waals surface area (Å²) < 4.78 is 2.63. The summed E-state index contributed by atoms with van der Waals surface area (Å²) >= 11 is -1.20. The first kappa shape index (κ1) is 9.72. The Morgan fingerprint density at radius 3 is 1.36 bits per heavy atom. The predicted octanol–water partition coefficient (Wildman–Crippen LogP) is 1.99. The molecule has 0 radical (unpaired) electrons. The second kappa shape index (κ2) is 4.61. The predicted molar refractivity (Wildman–Crippen MR) is 65.5 cm³/mol. The first-order valence-corrected chi connectivity index (χ1v) is 8.54. The van der Waals surface area contributed by atoms with Crippen molar-refractivity contribution in [3.8, 4) is 0 Å². The van der Waals surface area contributed by atoms with E-state index in [0.29, 0.717) is 0 Å². The van der Waals surface area contributed by atoms with Gasteiger partial charge in [0.1, 0.15) is 0 Å². The van der Waals surface area contributed by atoms with Gasteiger partial charge in [0.25, 0.3) is 0 Å². The first-order chi connectivity index (χ1) is 6.88. The molecule has 2 aromatic carbocycles. The normalized spacial score (nSPS) is 10.4. The molecule has 0 aromatic heterocycles. The van der Waals surface area contributed by atoms with Crippen molar-refractivity contribution in [1.29, 1.82) is 0 Å². The summed E-state index contributed by atoms with van der Waals surface area (Å²) in [4.78, 5) is 0. The van der Waals surface area contributed by atoms with E-state index in [1.807, 2.05) is 12.1 Å². The van der Waals surface area contributed by atoms with Crippen molar-refractivity contribution in [2.75, 3.05) is 0 Å². The Bertz CT molecular complexity index is 381. The molecule has 0 fully saturated rings. The fourth-order valence-corrected chi connectivity index (χ4v) is 4.65. The standard InChI is InChI=1S/C12H10SSe/c13-14(11-7-3-1-4-8-11)12-9-5-2-6-10-12/h1-10H. The van der Waals surface area contributed by atoms with E-state index in [2.05, 4.69) is 48.5 Å². The fourth-order valence-electron chi connectivity index (χ4n) is 1.22. The molecule has 0 spiro atoms. The van der Waals surface area contributed by atoms with E-state index in [1.165, 1.54) is 8.92 Å². The van der Waals surface area contributed by atoms with Crippen LogP contribution >= 0.6 is 10.6 Å². The summed E-state index contributed by atoms with van der Waals surface area (Å²) in [5.41, 5.74) is 0. The van der Waals surface area contributed by atoms with Crippen molar-refractivity contribution in [2.45, 2.75) is 0 Å². The Balaban J connectivity index is 2.35. The summed E-state index contributed by atoms with van der Waals surface area (Å²) in [5.74, 6) is 0. The Morgan fingerprint density at radius 2 is 1.00 bits per heavy atom. The zero-order valence-electron chi connectivity index (χ0n) is 7.59. The van der Waals surface area contributed by atoms with Crippen molar-refractivity contribution in [3.63, 3.8) is 0 Å². The van der Waals surface area contributed by atoms with Crippen LogP contribution in [0.2, 0.25) is 0 Å². The van der Waals surface area contributed by atoms with E-state index in [1.54, 1.807) is 0 Å². The molecule has 0 aliphatic heterocycles. The average molecular weight is 265 g/mol. The van der Waals surface area contributed by atoms with Crippen molar-refractivity contribution in [3.05, 3.63) is 60.7 Å². The van der Waals surface area contributed by atoms with Gasteiger partial charge in [-0.25, -0.2) is 0 Å². The van der Waals surface area contributed by atoms with Gasteiger partial charge in [0.05, 0.1) is 0 Å². The molecule has 2 rings (SSSR count). The molecule has 0 nitrogen and oxygen atoms in total. The van der Waals surface area contributed by atoms with E-state index < -0.39 is 12.3 Å². The summed E-state index contributed by atoms with van der Waals surface area (Å²) in [5, 5.41) is 0. The number of benzene rings is 2. The van der Waals surface area contributed by atoms with Crippen LogP contribution in [0, 0.1) is 0 Å². The zero-order chi connectivity index (χ0) is 9.80. The molecule has 2 aromatic rings. The molecule has 0 heterocycles. The van der Waals surface area contributed by atoms with Gasteiger partial charge in [-0.15, -0.1) is 0 Å². The maximum absolute atomic E-state index is 5.60. The third-order valence-corrected chi connectivity index (χ3v) is 6.85. The van der Waals surface area contributed by atoms with E-state index in [4.69, 9.17) is 10.6 Å². The second-order valence-electron chi connectivity index (χ2n) is 2.89. The number of rotatable bonds is 2. The van der Waals surface area contributed by atoms with E-state index in [0.717, 1.165) is 0 Å². The Morgan fingerprint density at radius 1 is 0.643 bits per heavy atom. The summed E-state index contributed by atoms with van der Waals surface area (Å²) in [6.07, 6.45) is 0. The van der Waals surface area contributed by atoms with Crippen LogP contribution in [0.25, 0.3) is 0 Å². The molecule has 0 atom stereocenters. The molecule has 0 saturated carbocycles. The Labute approximate surface area is 92.3 Å². The van der Waals surface area contributed by atoms with Crippen LogP contribution in [-0.4, -0.2) is 12.3 Å². The molecule has 0 N–H and O–H groups in total. The average Bonchev–Trinajstić information content (AvgIpc) is 2.30. The third kappa shape index (κ3) is 2.16. The van der Waals surface area contributed by atoms with Gasteiger partial charge in [-0.05, 0) is 0 Å². The van der Waals surface area contributed by atoms with Gasteiger partial charge in [0.2, 0.25) is 0 Å². The van der Waals surface area contributed by atoms with E-state index in [-0.39, 0.29) is 0 Å². The van der Waals surface area contributed by atoms with Gasteiger partial charge < -0.3 is 0 Å². The summed E-state index contributed by atoms with van der Waals surface area (Å²) in [6, 6.07) is 20.8. The molecular weight excluding hydrogens is 255 g/mol. The Hall–Kier alpha value is -0.821. The maximum atomic E-state index is 5.60. The topological polar surface area (TPSA) is 0 Å². The molecule has 0 amide bonds. The van der Waals surface area contributed by atoms with Crippen molar-refractivity contribution < 1.29 is 0 Å². The molecule has 70 valence electrons. The molecule has 2 heteroatoms. The Kier molecular flexibility index (Phi) is 3.20. The molecular formula is C12H10SSe. The van der Waals surface area contributed by atoms with Gasteiger partial charge in [-0.3, -0.25) is 0 Å². The van der Waals surface area contributed by atoms with Crippen molar-refractivity contribution >= 4 is 31.7 Å². The molecule has 0 aliphatic carbocycles. The zero-order valence-corrected chi connectivity index (χ0v) is 10.1. The van der Waals surface area contributed by atoms with Crippen LogP contribution in [0.4, 0.5) is 0 Å². The van der Waals surface area contributed by atoms with Gasteiger partial charge >= 0.3 is 92.4 Å². The van der Waals surface area contributed by atoms with Crippen molar-refractivity contribution in [1.82, 2.24) is 0 Å². The van der Waals surface area contributed by atoms with E-state index in [9.17, 15) is 0 Å². The van der Waals surface area contributed by atoms with E-state index >= 15 is 0 Å². The van der Waals surface area contributed by atoms with Gasteiger partial charge in [-0.2, -0.15) is 0 Å². The van der Waals surface area contributed by atoms with Crippen molar-refractivity contribution in [2.24, 2.45) is 0 Å². The van der Waals surface area contributed by atoms with Gasteiger partial charge in [0, 0.05) is 0 Å². The monoisotopic (exact) mass is 266 g/mol. The second-order valence-corrected chi connectivity index (χ2v) is 7.73. The van der Waals surface area contributed by atoms with Crippen LogP contribution in [0.15, 0.2) is 60.7 Å². The summed E-state index contributed by atoms with van der Waals surface area (Å²) in [7, 11) is 5.60. The summed E-state index contributed by atoms with van der Waals surface area (Å²) in [6.45, 7) is 0. The molecule has 14 heavy (non-hydrogen) atoms. The van der Waals surface area contributed by atoms with Crippen LogP contribution in [0.3, 0.4) is 0 Å². The van der Waals surface area contributed by atoms with Crippen LogP contribution in [0.5, 0.6) is 0 Å². The molecule has 0 bridgehead atoms.